The number of carbonyl (C=O) groups excluding carboxylic acids is 4. The van der Waals surface area contributed by atoms with Crippen LogP contribution in [0, 0.1) is 6.92 Å². The van der Waals surface area contributed by atoms with Crippen LogP contribution in [0.1, 0.15) is 43.6 Å². The molecule has 1 aliphatic rings. The van der Waals surface area contributed by atoms with E-state index in [2.05, 4.69) is 10.6 Å². The van der Waals surface area contributed by atoms with Gasteiger partial charge in [0.1, 0.15) is 5.00 Å². The van der Waals surface area contributed by atoms with Crippen LogP contribution < -0.4 is 10.6 Å². The fourth-order valence-electron chi connectivity index (χ4n) is 3.96. The number of ether oxygens (including phenoxy) is 1. The summed E-state index contributed by atoms with van der Waals surface area (Å²) in [6.07, 6.45) is 0.529. The first kappa shape index (κ1) is 26.4. The zero-order valence-electron chi connectivity index (χ0n) is 20.8. The minimum absolute atomic E-state index is 0.0297. The Morgan fingerprint density at radius 3 is 2.54 bits per heavy atom. The number of benzene rings is 2. The summed E-state index contributed by atoms with van der Waals surface area (Å²) in [5.41, 5.74) is 3.46. The van der Waals surface area contributed by atoms with Gasteiger partial charge in [0.05, 0.1) is 25.0 Å². The Labute approximate surface area is 223 Å². The van der Waals surface area contributed by atoms with Crippen molar-refractivity contribution in [2.75, 3.05) is 30.0 Å². The zero-order chi connectivity index (χ0) is 26.5. The molecule has 37 heavy (non-hydrogen) atoms. The topological polar surface area (TPSA) is 105 Å². The van der Waals surface area contributed by atoms with Crippen LogP contribution in [0.2, 0.25) is 0 Å². The summed E-state index contributed by atoms with van der Waals surface area (Å²) in [4.78, 5) is 53.0. The first-order chi connectivity index (χ1) is 17.7. The Morgan fingerprint density at radius 1 is 1.08 bits per heavy atom. The number of anilines is 2. The lowest BCUT2D eigenvalue weighted by molar-refractivity contribution is -0.129. The third-order valence-electron chi connectivity index (χ3n) is 5.92. The maximum absolute atomic E-state index is 12.8. The first-order valence-corrected chi connectivity index (χ1v) is 13.4. The van der Waals surface area contributed by atoms with Crippen molar-refractivity contribution in [1.82, 2.24) is 4.90 Å². The molecule has 1 aromatic heterocycles. The summed E-state index contributed by atoms with van der Waals surface area (Å²) in [5, 5.41) is 6.17. The van der Waals surface area contributed by atoms with Crippen LogP contribution in [0.25, 0.3) is 0 Å². The van der Waals surface area contributed by atoms with Gasteiger partial charge in [-0.2, -0.15) is 0 Å². The molecule has 192 valence electrons. The molecule has 3 amide bonds. The Bertz CT molecular complexity index is 1350. The number of esters is 1. The molecule has 0 saturated carbocycles. The molecule has 4 rings (SSSR count). The van der Waals surface area contributed by atoms with Crippen LogP contribution >= 0.6 is 23.1 Å². The van der Waals surface area contributed by atoms with Crippen molar-refractivity contribution in [3.05, 3.63) is 75.7 Å². The fourth-order valence-corrected chi connectivity index (χ4v) is 5.98. The lowest BCUT2D eigenvalue weighted by atomic mass is 10.0. The number of nitrogens with one attached hydrogen (secondary N) is 2. The SMILES string of the molecule is COC(=O)c1c(NC(=O)CSc2cccc(NC(=O)c3ccc(C)cc3)c2)sc2c1CCN(C(C)=O)C2. The predicted octanol–water partition coefficient (Wildman–Crippen LogP) is 4.73. The van der Waals surface area contributed by atoms with Crippen molar-refractivity contribution in [2.24, 2.45) is 0 Å². The van der Waals surface area contributed by atoms with E-state index in [0.717, 1.165) is 20.9 Å². The molecular formula is C27H27N3O5S2. The average Bonchev–Trinajstić information content (AvgIpc) is 3.24. The Balaban J connectivity index is 1.40. The number of aryl methyl sites for hydroxylation is 1. The van der Waals surface area contributed by atoms with Crippen molar-refractivity contribution in [3.63, 3.8) is 0 Å². The molecule has 0 fully saturated rings. The first-order valence-electron chi connectivity index (χ1n) is 11.6. The molecule has 0 bridgehead atoms. The van der Waals surface area contributed by atoms with Gasteiger partial charge in [-0.15, -0.1) is 23.1 Å². The second-order valence-corrected chi connectivity index (χ2v) is 10.7. The molecule has 2 heterocycles. The number of carbonyl (C=O) groups is 4. The average molecular weight is 538 g/mol. The third-order valence-corrected chi connectivity index (χ3v) is 8.05. The van der Waals surface area contributed by atoms with E-state index in [1.807, 2.05) is 37.3 Å². The van der Waals surface area contributed by atoms with Gasteiger partial charge in [-0.1, -0.05) is 23.8 Å². The third kappa shape index (κ3) is 6.39. The smallest absolute Gasteiger partial charge is 0.341 e. The van der Waals surface area contributed by atoms with Gasteiger partial charge in [0.15, 0.2) is 0 Å². The normalized spacial score (nSPS) is 12.5. The standard InChI is InChI=1S/C27H27N3O5S2/c1-16-7-9-18(10-8-16)25(33)28-19-5-4-6-20(13-19)36-15-23(32)29-26-24(27(34)35-3)21-11-12-30(17(2)31)14-22(21)37-26/h4-10,13H,11-12,14-15H2,1-3H3,(H,28,33)(H,29,32). The highest BCUT2D eigenvalue weighted by atomic mass is 32.2. The molecule has 2 aromatic carbocycles. The van der Waals surface area contributed by atoms with E-state index in [-0.39, 0.29) is 23.5 Å². The van der Waals surface area contributed by atoms with Gasteiger partial charge in [-0.05, 0) is 49.2 Å². The monoisotopic (exact) mass is 537 g/mol. The summed E-state index contributed by atoms with van der Waals surface area (Å²) >= 11 is 2.62. The number of thiophene rings is 1. The maximum Gasteiger partial charge on any atom is 0.341 e. The van der Waals surface area contributed by atoms with Crippen LogP contribution in [-0.4, -0.2) is 48.0 Å². The van der Waals surface area contributed by atoms with Crippen molar-refractivity contribution in [1.29, 1.82) is 0 Å². The largest absolute Gasteiger partial charge is 0.465 e. The highest BCUT2D eigenvalue weighted by molar-refractivity contribution is 8.00. The summed E-state index contributed by atoms with van der Waals surface area (Å²) in [6.45, 7) is 4.40. The molecule has 1 aliphatic heterocycles. The zero-order valence-corrected chi connectivity index (χ0v) is 22.4. The lowest BCUT2D eigenvalue weighted by Gasteiger charge is -2.25. The van der Waals surface area contributed by atoms with E-state index in [1.54, 1.807) is 23.1 Å². The van der Waals surface area contributed by atoms with E-state index in [1.165, 1.54) is 37.1 Å². The van der Waals surface area contributed by atoms with E-state index in [0.29, 0.717) is 41.3 Å². The fraction of sp³-hybridized carbons (Fsp3) is 0.259. The summed E-state index contributed by atoms with van der Waals surface area (Å²) in [5.74, 6) is -0.906. The minimum Gasteiger partial charge on any atom is -0.465 e. The number of fused-ring (bicyclic) bond motifs is 1. The summed E-state index contributed by atoms with van der Waals surface area (Å²) in [7, 11) is 1.31. The van der Waals surface area contributed by atoms with Crippen LogP contribution in [0.4, 0.5) is 10.7 Å². The molecule has 0 radical (unpaired) electrons. The molecule has 8 nitrogen and oxygen atoms in total. The van der Waals surface area contributed by atoms with Crippen molar-refractivity contribution in [2.45, 2.75) is 31.7 Å². The van der Waals surface area contributed by atoms with Gasteiger partial charge >= 0.3 is 5.97 Å². The summed E-state index contributed by atoms with van der Waals surface area (Å²) in [6, 6.07) is 14.6. The molecule has 0 spiro atoms. The van der Waals surface area contributed by atoms with E-state index < -0.39 is 5.97 Å². The van der Waals surface area contributed by atoms with Crippen LogP contribution in [-0.2, 0) is 27.3 Å². The molecule has 3 aromatic rings. The highest BCUT2D eigenvalue weighted by Crippen LogP contribution is 2.38. The van der Waals surface area contributed by atoms with Crippen molar-refractivity contribution < 1.29 is 23.9 Å². The number of nitrogens with zero attached hydrogens (tertiary/aromatic N) is 1. The number of amides is 3. The van der Waals surface area contributed by atoms with Gasteiger partial charge < -0.3 is 20.3 Å². The molecule has 0 atom stereocenters. The molecule has 0 aliphatic carbocycles. The molecule has 10 heteroatoms. The molecule has 0 unspecified atom stereocenters. The van der Waals surface area contributed by atoms with Crippen LogP contribution in [0.3, 0.4) is 0 Å². The van der Waals surface area contributed by atoms with Gasteiger partial charge in [-0.25, -0.2) is 4.79 Å². The second-order valence-electron chi connectivity index (χ2n) is 8.57. The van der Waals surface area contributed by atoms with Crippen LogP contribution in [0.15, 0.2) is 53.4 Å². The van der Waals surface area contributed by atoms with Gasteiger partial charge in [0.2, 0.25) is 11.8 Å². The quantitative estimate of drug-likeness (QED) is 0.334. The van der Waals surface area contributed by atoms with Gasteiger partial charge in [0, 0.05) is 34.5 Å². The van der Waals surface area contributed by atoms with Gasteiger partial charge in [-0.3, -0.25) is 14.4 Å². The van der Waals surface area contributed by atoms with Gasteiger partial charge in [0.25, 0.3) is 5.91 Å². The molecular weight excluding hydrogens is 510 g/mol. The number of methoxy groups -OCH3 is 1. The maximum atomic E-state index is 12.8. The molecule has 0 saturated heterocycles. The predicted molar refractivity (Wildman–Crippen MR) is 145 cm³/mol. The summed E-state index contributed by atoms with van der Waals surface area (Å²) < 4.78 is 4.97. The number of rotatable bonds is 7. The Hall–Kier alpha value is -3.63. The molecule has 2 N–H and O–H groups in total. The minimum atomic E-state index is -0.506. The number of thioether (sulfide) groups is 1. The van der Waals surface area contributed by atoms with E-state index >= 15 is 0 Å². The van der Waals surface area contributed by atoms with E-state index in [4.69, 9.17) is 4.74 Å². The number of hydrogen-bond donors (Lipinski definition) is 2. The Morgan fingerprint density at radius 2 is 1.84 bits per heavy atom. The second kappa shape index (κ2) is 11.6. The highest BCUT2D eigenvalue weighted by Gasteiger charge is 2.30. The lowest BCUT2D eigenvalue weighted by Crippen LogP contribution is -2.33. The Kier molecular flexibility index (Phi) is 8.30. The number of hydrogen-bond acceptors (Lipinski definition) is 7. The van der Waals surface area contributed by atoms with E-state index in [9.17, 15) is 19.2 Å². The van der Waals surface area contributed by atoms with Crippen molar-refractivity contribution >= 4 is 57.5 Å². The van der Waals surface area contributed by atoms with Crippen molar-refractivity contribution in [3.8, 4) is 0 Å². The van der Waals surface area contributed by atoms with Crippen LogP contribution in [0.5, 0.6) is 0 Å².